The summed E-state index contributed by atoms with van der Waals surface area (Å²) in [6, 6.07) is 6.15. The van der Waals surface area contributed by atoms with Gasteiger partial charge in [0.15, 0.2) is 0 Å². The number of likely N-dealkylation sites (N-methyl/N-ethyl adjacent to an activating group) is 1. The summed E-state index contributed by atoms with van der Waals surface area (Å²) in [6.45, 7) is 12.6. The topological polar surface area (TPSA) is 62.5 Å². The monoisotopic (exact) mass is 374 g/mol. The molecule has 7 heteroatoms. The van der Waals surface area contributed by atoms with Gasteiger partial charge in [0.05, 0.1) is 5.25 Å². The van der Waals surface area contributed by atoms with Crippen molar-refractivity contribution in [3.8, 4) is 11.5 Å². The van der Waals surface area contributed by atoms with Gasteiger partial charge in [0.2, 0.25) is 11.8 Å². The van der Waals surface area contributed by atoms with Crippen LogP contribution in [0.3, 0.4) is 0 Å². The summed E-state index contributed by atoms with van der Waals surface area (Å²) in [5.41, 5.74) is 3.22. The quantitative estimate of drug-likeness (QED) is 0.750. The predicted molar refractivity (Wildman–Crippen MR) is 103 cm³/mol. The van der Waals surface area contributed by atoms with E-state index < -0.39 is 0 Å². The Morgan fingerprint density at radius 1 is 1.15 bits per heavy atom. The van der Waals surface area contributed by atoms with Crippen LogP contribution in [0.5, 0.6) is 0 Å². The van der Waals surface area contributed by atoms with Gasteiger partial charge in [-0.3, -0.25) is 4.79 Å². The summed E-state index contributed by atoms with van der Waals surface area (Å²) in [6.07, 6.45) is 0. The van der Waals surface area contributed by atoms with Crippen molar-refractivity contribution >= 4 is 17.7 Å². The first-order valence-corrected chi connectivity index (χ1v) is 9.94. The van der Waals surface area contributed by atoms with Crippen LogP contribution >= 0.6 is 11.8 Å². The Hall–Kier alpha value is -1.86. The zero-order valence-electron chi connectivity index (χ0n) is 15.9. The van der Waals surface area contributed by atoms with E-state index in [0.717, 1.165) is 49.4 Å². The lowest BCUT2D eigenvalue weighted by Gasteiger charge is -2.35. The van der Waals surface area contributed by atoms with Crippen LogP contribution in [0.15, 0.2) is 27.8 Å². The maximum atomic E-state index is 12.7. The number of hydrogen-bond donors (Lipinski definition) is 0. The third kappa shape index (κ3) is 4.45. The highest BCUT2D eigenvalue weighted by Gasteiger charge is 2.26. The van der Waals surface area contributed by atoms with E-state index >= 15 is 0 Å². The zero-order valence-corrected chi connectivity index (χ0v) is 16.7. The number of amides is 1. The van der Waals surface area contributed by atoms with Gasteiger partial charge in [-0.1, -0.05) is 35.9 Å². The van der Waals surface area contributed by atoms with Crippen molar-refractivity contribution in [2.45, 2.75) is 38.2 Å². The van der Waals surface area contributed by atoms with E-state index in [1.165, 1.54) is 11.8 Å². The number of rotatable bonds is 5. The van der Waals surface area contributed by atoms with Crippen LogP contribution in [0.4, 0.5) is 0 Å². The van der Waals surface area contributed by atoms with Crippen molar-refractivity contribution < 1.29 is 9.21 Å². The molecule has 0 aliphatic carbocycles. The van der Waals surface area contributed by atoms with Crippen molar-refractivity contribution in [3.05, 3.63) is 29.3 Å². The molecule has 2 aromatic rings. The van der Waals surface area contributed by atoms with Crippen LogP contribution in [-0.4, -0.2) is 63.9 Å². The lowest BCUT2D eigenvalue weighted by atomic mass is 10.1. The number of nitrogens with zero attached hydrogens (tertiary/aromatic N) is 4. The van der Waals surface area contributed by atoms with Gasteiger partial charge in [0.1, 0.15) is 0 Å². The smallest absolute Gasteiger partial charge is 0.277 e. The molecule has 26 heavy (non-hydrogen) atoms. The molecule has 2 heterocycles. The Labute approximate surface area is 159 Å². The molecule has 0 bridgehead atoms. The Kier molecular flexibility index (Phi) is 5.98. The van der Waals surface area contributed by atoms with E-state index in [0.29, 0.717) is 11.1 Å². The molecule has 1 aliphatic heterocycles. The van der Waals surface area contributed by atoms with Crippen LogP contribution in [0.25, 0.3) is 11.5 Å². The molecule has 140 valence electrons. The first-order valence-electron chi connectivity index (χ1n) is 9.06. The van der Waals surface area contributed by atoms with Gasteiger partial charge in [-0.2, -0.15) is 0 Å². The van der Waals surface area contributed by atoms with E-state index in [9.17, 15) is 4.79 Å². The normalized spacial score (nSPS) is 16.7. The molecule has 1 amide bonds. The van der Waals surface area contributed by atoms with Gasteiger partial charge in [-0.05, 0) is 39.4 Å². The molecule has 3 rings (SSSR count). The highest BCUT2D eigenvalue weighted by molar-refractivity contribution is 8.00. The number of hydrogen-bond acceptors (Lipinski definition) is 6. The second kappa shape index (κ2) is 8.22. The standard InChI is InChI=1S/C19H26N4O2S/c1-5-22-6-8-23(9-7-22)18(24)15(4)26-19-21-20-17(25-19)16-11-13(2)10-14(3)12-16/h10-12,15H,5-9H2,1-4H3/t15-/m0/s1. The molecule has 0 saturated carbocycles. The zero-order chi connectivity index (χ0) is 18.7. The number of carbonyl (C=O) groups is 1. The number of piperazine rings is 1. The third-order valence-electron chi connectivity index (χ3n) is 4.63. The molecule has 1 saturated heterocycles. The van der Waals surface area contributed by atoms with Gasteiger partial charge in [0, 0.05) is 31.7 Å². The second-order valence-electron chi connectivity index (χ2n) is 6.77. The van der Waals surface area contributed by atoms with Crippen molar-refractivity contribution in [2.75, 3.05) is 32.7 Å². The van der Waals surface area contributed by atoms with Crippen molar-refractivity contribution in [3.63, 3.8) is 0 Å². The van der Waals surface area contributed by atoms with Crippen molar-refractivity contribution in [1.82, 2.24) is 20.0 Å². The van der Waals surface area contributed by atoms with Gasteiger partial charge >= 0.3 is 0 Å². The number of benzene rings is 1. The molecular formula is C19H26N4O2S. The molecular weight excluding hydrogens is 348 g/mol. The van der Waals surface area contributed by atoms with Gasteiger partial charge in [-0.25, -0.2) is 0 Å². The van der Waals surface area contributed by atoms with E-state index in [1.54, 1.807) is 0 Å². The lowest BCUT2D eigenvalue weighted by molar-refractivity contribution is -0.132. The molecule has 1 aromatic heterocycles. The predicted octanol–water partition coefficient (Wildman–Crippen LogP) is 3.00. The van der Waals surface area contributed by atoms with Gasteiger partial charge in [0.25, 0.3) is 5.22 Å². The summed E-state index contributed by atoms with van der Waals surface area (Å²) in [4.78, 5) is 17.0. The first-order chi connectivity index (χ1) is 12.5. The number of aromatic nitrogens is 2. The first kappa shape index (κ1) is 18.9. The summed E-state index contributed by atoms with van der Waals surface area (Å²) in [7, 11) is 0. The van der Waals surface area contributed by atoms with Crippen molar-refractivity contribution in [2.24, 2.45) is 0 Å². The van der Waals surface area contributed by atoms with Crippen LogP contribution in [0.1, 0.15) is 25.0 Å². The largest absolute Gasteiger partial charge is 0.411 e. The minimum absolute atomic E-state index is 0.136. The molecule has 1 aliphatic rings. The number of aryl methyl sites for hydroxylation is 2. The van der Waals surface area contributed by atoms with Gasteiger partial charge < -0.3 is 14.2 Å². The van der Waals surface area contributed by atoms with E-state index in [2.05, 4.69) is 28.1 Å². The highest BCUT2D eigenvalue weighted by atomic mass is 32.2. The van der Waals surface area contributed by atoms with Crippen LogP contribution < -0.4 is 0 Å². The molecule has 0 unspecified atom stereocenters. The summed E-state index contributed by atoms with van der Waals surface area (Å²) in [5, 5.41) is 8.45. The fourth-order valence-corrected chi connectivity index (χ4v) is 3.98. The molecule has 1 fully saturated rings. The SMILES string of the molecule is CCN1CCN(C(=O)[C@H](C)Sc2nnc(-c3cc(C)cc(C)c3)o2)CC1. The Balaban J connectivity index is 1.62. The van der Waals surface area contributed by atoms with Crippen LogP contribution in [0.2, 0.25) is 0 Å². The van der Waals surface area contributed by atoms with Crippen molar-refractivity contribution in [1.29, 1.82) is 0 Å². The minimum atomic E-state index is -0.240. The molecule has 6 nitrogen and oxygen atoms in total. The van der Waals surface area contributed by atoms with E-state index in [1.807, 2.05) is 37.8 Å². The minimum Gasteiger partial charge on any atom is -0.411 e. The highest BCUT2D eigenvalue weighted by Crippen LogP contribution is 2.28. The summed E-state index contributed by atoms with van der Waals surface area (Å²) >= 11 is 1.33. The maximum absolute atomic E-state index is 12.7. The number of carbonyl (C=O) groups excluding carboxylic acids is 1. The third-order valence-corrected chi connectivity index (χ3v) is 5.55. The number of thioether (sulfide) groups is 1. The fourth-order valence-electron chi connectivity index (χ4n) is 3.22. The molecule has 0 N–H and O–H groups in total. The van der Waals surface area contributed by atoms with E-state index in [-0.39, 0.29) is 11.2 Å². The lowest BCUT2D eigenvalue weighted by Crippen LogP contribution is -2.50. The average molecular weight is 375 g/mol. The van der Waals surface area contributed by atoms with Crippen LogP contribution in [0, 0.1) is 13.8 Å². The fraction of sp³-hybridized carbons (Fsp3) is 0.526. The van der Waals surface area contributed by atoms with E-state index in [4.69, 9.17) is 4.42 Å². The Morgan fingerprint density at radius 3 is 2.42 bits per heavy atom. The summed E-state index contributed by atoms with van der Waals surface area (Å²) in [5.74, 6) is 0.632. The molecule has 1 aromatic carbocycles. The maximum Gasteiger partial charge on any atom is 0.277 e. The molecule has 1 atom stereocenters. The van der Waals surface area contributed by atoms with Gasteiger partial charge in [-0.15, -0.1) is 10.2 Å². The van der Waals surface area contributed by atoms with Crippen LogP contribution in [-0.2, 0) is 4.79 Å². The average Bonchev–Trinajstić information content (AvgIpc) is 3.09. The molecule has 0 radical (unpaired) electrons. The summed E-state index contributed by atoms with van der Waals surface area (Å²) < 4.78 is 5.78. The molecule has 0 spiro atoms. The Morgan fingerprint density at radius 2 is 1.81 bits per heavy atom. The Bertz CT molecular complexity index is 748. The second-order valence-corrected chi connectivity index (χ2v) is 8.06.